The van der Waals surface area contributed by atoms with Gasteiger partial charge in [0.25, 0.3) is 0 Å². The molecule has 1 saturated heterocycles. The predicted octanol–water partition coefficient (Wildman–Crippen LogP) is 0.201. The van der Waals surface area contributed by atoms with Crippen LogP contribution in [0.2, 0.25) is 0 Å². The number of rotatable bonds is 3. The average Bonchev–Trinajstić information content (AvgIpc) is 2.27. The molecule has 1 amide bonds. The molecule has 88 valence electrons. The molecule has 15 heavy (non-hydrogen) atoms. The van der Waals surface area contributed by atoms with Crippen LogP contribution in [0, 0.1) is 11.8 Å². The Morgan fingerprint density at radius 2 is 2.27 bits per heavy atom. The highest BCUT2D eigenvalue weighted by molar-refractivity contribution is 5.82. The van der Waals surface area contributed by atoms with Gasteiger partial charge in [0.05, 0.1) is 6.04 Å². The number of amides is 1. The molecule has 0 spiro atoms. The minimum Gasteiger partial charge on any atom is -0.396 e. The Labute approximate surface area is 91.4 Å². The summed E-state index contributed by atoms with van der Waals surface area (Å²) in [6.07, 6.45) is 1.99. The van der Waals surface area contributed by atoms with Crippen molar-refractivity contribution in [1.29, 1.82) is 0 Å². The largest absolute Gasteiger partial charge is 0.396 e. The zero-order valence-corrected chi connectivity index (χ0v) is 9.65. The number of hydrogen-bond donors (Lipinski definition) is 2. The summed E-state index contributed by atoms with van der Waals surface area (Å²) in [7, 11) is 0. The summed E-state index contributed by atoms with van der Waals surface area (Å²) in [6, 6.07) is -0.401. The van der Waals surface area contributed by atoms with E-state index in [2.05, 4.69) is 0 Å². The number of piperidine rings is 1. The molecule has 1 aliphatic heterocycles. The Hall–Kier alpha value is -0.610. The molecule has 1 heterocycles. The zero-order chi connectivity index (χ0) is 11.4. The van der Waals surface area contributed by atoms with Gasteiger partial charge in [-0.2, -0.15) is 0 Å². The molecular formula is C11H22N2O2. The second-order valence-corrected chi connectivity index (χ2v) is 4.74. The molecule has 1 unspecified atom stereocenters. The smallest absolute Gasteiger partial charge is 0.239 e. The van der Waals surface area contributed by atoms with Gasteiger partial charge in [-0.1, -0.05) is 13.8 Å². The standard InChI is InChI=1S/C11H22N2O2/c1-8(2)10(12)11(15)13-5-3-4-9(6-13)7-14/h8-10,14H,3-7,12H2,1-2H3/t9?,10-/m1/s1. The number of nitrogens with zero attached hydrogens (tertiary/aromatic N) is 1. The summed E-state index contributed by atoms with van der Waals surface area (Å²) in [5.74, 6) is 0.442. The van der Waals surface area contributed by atoms with Crippen molar-refractivity contribution in [2.75, 3.05) is 19.7 Å². The van der Waals surface area contributed by atoms with E-state index in [0.29, 0.717) is 6.54 Å². The maximum atomic E-state index is 11.9. The van der Waals surface area contributed by atoms with E-state index in [4.69, 9.17) is 10.8 Å². The molecule has 0 aliphatic carbocycles. The molecule has 0 aromatic heterocycles. The third-order valence-corrected chi connectivity index (χ3v) is 3.09. The van der Waals surface area contributed by atoms with Crippen LogP contribution >= 0.6 is 0 Å². The maximum absolute atomic E-state index is 11.9. The molecule has 4 nitrogen and oxygen atoms in total. The summed E-state index contributed by atoms with van der Waals surface area (Å²) in [5.41, 5.74) is 5.82. The normalized spacial score (nSPS) is 24.3. The Kier molecular flexibility index (Phi) is 4.54. The van der Waals surface area contributed by atoms with E-state index in [9.17, 15) is 4.79 Å². The fraction of sp³-hybridized carbons (Fsp3) is 0.909. The van der Waals surface area contributed by atoms with Crippen LogP contribution in [-0.4, -0.2) is 41.7 Å². The number of nitrogens with two attached hydrogens (primary N) is 1. The lowest BCUT2D eigenvalue weighted by molar-refractivity contribution is -0.135. The van der Waals surface area contributed by atoms with E-state index in [-0.39, 0.29) is 24.3 Å². The molecule has 4 heteroatoms. The summed E-state index contributed by atoms with van der Waals surface area (Å²) in [4.78, 5) is 13.7. The van der Waals surface area contributed by atoms with Gasteiger partial charge >= 0.3 is 0 Å². The highest BCUT2D eigenvalue weighted by atomic mass is 16.3. The van der Waals surface area contributed by atoms with Crippen molar-refractivity contribution in [2.45, 2.75) is 32.7 Å². The van der Waals surface area contributed by atoms with Gasteiger partial charge in [-0.25, -0.2) is 0 Å². The third kappa shape index (κ3) is 3.18. The molecule has 2 atom stereocenters. The zero-order valence-electron chi connectivity index (χ0n) is 9.65. The van der Waals surface area contributed by atoms with Crippen LogP contribution in [0.3, 0.4) is 0 Å². The summed E-state index contributed by atoms with van der Waals surface area (Å²) < 4.78 is 0. The van der Waals surface area contributed by atoms with Crippen molar-refractivity contribution < 1.29 is 9.90 Å². The van der Waals surface area contributed by atoms with Crippen LogP contribution in [0.25, 0.3) is 0 Å². The van der Waals surface area contributed by atoms with Crippen molar-refractivity contribution in [1.82, 2.24) is 4.90 Å². The van der Waals surface area contributed by atoms with Crippen LogP contribution in [0.1, 0.15) is 26.7 Å². The van der Waals surface area contributed by atoms with E-state index in [0.717, 1.165) is 19.4 Å². The van der Waals surface area contributed by atoms with Crippen LogP contribution in [0.5, 0.6) is 0 Å². The monoisotopic (exact) mass is 214 g/mol. The number of aliphatic hydroxyl groups is 1. The topological polar surface area (TPSA) is 66.6 Å². The Morgan fingerprint density at radius 1 is 1.60 bits per heavy atom. The fourth-order valence-electron chi connectivity index (χ4n) is 1.91. The molecule has 0 aromatic carbocycles. The van der Waals surface area contributed by atoms with Gasteiger partial charge in [0.1, 0.15) is 0 Å². The van der Waals surface area contributed by atoms with E-state index >= 15 is 0 Å². The van der Waals surface area contributed by atoms with Gasteiger partial charge in [0, 0.05) is 19.7 Å². The lowest BCUT2D eigenvalue weighted by Crippen LogP contribution is -2.50. The maximum Gasteiger partial charge on any atom is 0.239 e. The molecule has 0 aromatic rings. The van der Waals surface area contributed by atoms with Crippen molar-refractivity contribution in [3.8, 4) is 0 Å². The second kappa shape index (κ2) is 5.47. The Bertz CT molecular complexity index is 219. The molecule has 3 N–H and O–H groups in total. The molecule has 0 radical (unpaired) electrons. The van der Waals surface area contributed by atoms with Gasteiger partial charge in [-0.05, 0) is 24.7 Å². The predicted molar refractivity (Wildman–Crippen MR) is 59.2 cm³/mol. The highest BCUT2D eigenvalue weighted by Gasteiger charge is 2.27. The van der Waals surface area contributed by atoms with E-state index in [1.165, 1.54) is 0 Å². The third-order valence-electron chi connectivity index (χ3n) is 3.09. The molecule has 1 aliphatic rings. The minimum atomic E-state index is -0.401. The molecular weight excluding hydrogens is 192 g/mol. The lowest BCUT2D eigenvalue weighted by Gasteiger charge is -2.34. The van der Waals surface area contributed by atoms with Crippen LogP contribution in [-0.2, 0) is 4.79 Å². The average molecular weight is 214 g/mol. The van der Waals surface area contributed by atoms with Gasteiger partial charge in [-0.3, -0.25) is 4.79 Å². The molecule has 1 rings (SSSR count). The SMILES string of the molecule is CC(C)[C@@H](N)C(=O)N1CCCC(CO)C1. The highest BCUT2D eigenvalue weighted by Crippen LogP contribution is 2.17. The summed E-state index contributed by atoms with van der Waals surface area (Å²) >= 11 is 0. The first-order valence-corrected chi connectivity index (χ1v) is 5.71. The first kappa shape index (κ1) is 12.5. The van der Waals surface area contributed by atoms with Gasteiger partial charge in [0.15, 0.2) is 0 Å². The van der Waals surface area contributed by atoms with Crippen molar-refractivity contribution >= 4 is 5.91 Å². The Balaban J connectivity index is 2.52. The quantitative estimate of drug-likeness (QED) is 0.705. The van der Waals surface area contributed by atoms with E-state index in [1.54, 1.807) is 4.90 Å². The van der Waals surface area contributed by atoms with Crippen molar-refractivity contribution in [3.63, 3.8) is 0 Å². The molecule has 0 bridgehead atoms. The van der Waals surface area contributed by atoms with E-state index in [1.807, 2.05) is 13.8 Å². The first-order valence-electron chi connectivity index (χ1n) is 5.71. The van der Waals surface area contributed by atoms with Crippen LogP contribution in [0.15, 0.2) is 0 Å². The summed E-state index contributed by atoms with van der Waals surface area (Å²) in [6.45, 7) is 5.53. The number of likely N-dealkylation sites (tertiary alicyclic amines) is 1. The minimum absolute atomic E-state index is 0.0307. The molecule has 0 saturated carbocycles. The first-order chi connectivity index (χ1) is 7.06. The van der Waals surface area contributed by atoms with Gasteiger partial charge in [0.2, 0.25) is 5.91 Å². The number of hydrogen-bond acceptors (Lipinski definition) is 3. The van der Waals surface area contributed by atoms with Gasteiger partial charge < -0.3 is 15.7 Å². The van der Waals surface area contributed by atoms with Crippen LogP contribution in [0.4, 0.5) is 0 Å². The van der Waals surface area contributed by atoms with Crippen LogP contribution < -0.4 is 5.73 Å². The molecule has 1 fully saturated rings. The fourth-order valence-corrected chi connectivity index (χ4v) is 1.91. The second-order valence-electron chi connectivity index (χ2n) is 4.74. The lowest BCUT2D eigenvalue weighted by atomic mass is 9.97. The number of aliphatic hydroxyl groups excluding tert-OH is 1. The van der Waals surface area contributed by atoms with Crippen molar-refractivity contribution in [2.24, 2.45) is 17.6 Å². The van der Waals surface area contributed by atoms with Gasteiger partial charge in [-0.15, -0.1) is 0 Å². The van der Waals surface area contributed by atoms with E-state index < -0.39 is 6.04 Å². The number of carbonyl (C=O) groups is 1. The summed E-state index contributed by atoms with van der Waals surface area (Å²) in [5, 5.41) is 9.07. The Morgan fingerprint density at radius 3 is 2.80 bits per heavy atom. The van der Waals surface area contributed by atoms with Crippen molar-refractivity contribution in [3.05, 3.63) is 0 Å². The number of carbonyl (C=O) groups excluding carboxylic acids is 1.